The van der Waals surface area contributed by atoms with Crippen LogP contribution in [0, 0.1) is 30.3 Å². The molecule has 22 heavy (non-hydrogen) atoms. The van der Waals surface area contributed by atoms with E-state index in [1.54, 1.807) is 0 Å². The highest BCUT2D eigenvalue weighted by Crippen LogP contribution is 2.39. The van der Waals surface area contributed by atoms with Gasteiger partial charge in [-0.25, -0.2) is 0 Å². The second-order valence-electron chi connectivity index (χ2n) is 4.18. The second-order valence-corrected chi connectivity index (χ2v) is 4.18. The molecule has 112 valence electrons. The lowest BCUT2D eigenvalue weighted by molar-refractivity contribution is -0.396. The van der Waals surface area contributed by atoms with E-state index in [1.165, 1.54) is 24.3 Å². The average molecular weight is 305 g/mol. The molecule has 0 aliphatic heterocycles. The predicted molar refractivity (Wildman–Crippen MR) is 73.5 cm³/mol. The zero-order valence-corrected chi connectivity index (χ0v) is 10.7. The smallest absolute Gasteiger partial charge is 0.318 e. The van der Waals surface area contributed by atoms with Crippen LogP contribution in [0.5, 0.6) is 5.75 Å². The van der Waals surface area contributed by atoms with E-state index in [1.807, 2.05) is 0 Å². The Morgan fingerprint density at radius 3 is 1.55 bits per heavy atom. The van der Waals surface area contributed by atoms with Crippen LogP contribution in [-0.2, 0) is 0 Å². The van der Waals surface area contributed by atoms with Gasteiger partial charge in [-0.1, -0.05) is 0 Å². The summed E-state index contributed by atoms with van der Waals surface area (Å²) in [5, 5.41) is 41.8. The minimum Gasteiger partial charge on any atom is -0.497 e. The van der Waals surface area contributed by atoms with Gasteiger partial charge in [-0.3, -0.25) is 30.3 Å². The van der Waals surface area contributed by atoms with Gasteiger partial charge in [0.2, 0.25) is 0 Å². The molecule has 10 heteroatoms. The highest BCUT2D eigenvalue weighted by Gasteiger charge is 2.26. The normalized spacial score (nSPS) is 10.2. The summed E-state index contributed by atoms with van der Waals surface area (Å²) in [5.41, 5.74) is -1.43. The van der Waals surface area contributed by atoms with E-state index in [0.717, 1.165) is 12.1 Å². The van der Waals surface area contributed by atoms with Crippen molar-refractivity contribution in [2.45, 2.75) is 0 Å². The molecule has 0 saturated carbocycles. The third kappa shape index (κ3) is 2.65. The monoisotopic (exact) mass is 305 g/mol. The lowest BCUT2D eigenvalue weighted by atomic mass is 10.0. The molecule has 1 N–H and O–H groups in total. The number of non-ortho nitro benzene ring substituents is 1. The van der Waals surface area contributed by atoms with Crippen molar-refractivity contribution >= 4 is 17.1 Å². The van der Waals surface area contributed by atoms with Gasteiger partial charge in [0.15, 0.2) is 0 Å². The van der Waals surface area contributed by atoms with Crippen LogP contribution in [0.25, 0.3) is 11.1 Å². The van der Waals surface area contributed by atoms with E-state index in [0.29, 0.717) is 5.56 Å². The van der Waals surface area contributed by atoms with Crippen LogP contribution >= 0.6 is 0 Å². The predicted octanol–water partition coefficient (Wildman–Crippen LogP) is 2.78. The molecule has 2 aromatic carbocycles. The van der Waals surface area contributed by atoms with Crippen molar-refractivity contribution in [2.24, 2.45) is 0 Å². The first-order valence-corrected chi connectivity index (χ1v) is 5.72. The molecular weight excluding hydrogens is 298 g/mol. The second kappa shape index (κ2) is 5.44. The molecule has 2 rings (SSSR count). The molecule has 10 nitrogen and oxygen atoms in total. The molecule has 0 aliphatic rings. The van der Waals surface area contributed by atoms with Gasteiger partial charge in [0, 0.05) is 24.3 Å². The third-order valence-corrected chi connectivity index (χ3v) is 2.87. The van der Waals surface area contributed by atoms with Gasteiger partial charge in [0.1, 0.15) is 0 Å². The zero-order valence-electron chi connectivity index (χ0n) is 10.7. The maximum absolute atomic E-state index is 10.9. The summed E-state index contributed by atoms with van der Waals surface area (Å²) in [7, 11) is 0. The summed E-state index contributed by atoms with van der Waals surface area (Å²) in [6, 6.07) is 6.86. The number of hydrogen-bond acceptors (Lipinski definition) is 7. The van der Waals surface area contributed by atoms with Gasteiger partial charge in [0.25, 0.3) is 11.4 Å². The van der Waals surface area contributed by atoms with Crippen molar-refractivity contribution < 1.29 is 19.9 Å². The number of rotatable bonds is 4. The lowest BCUT2D eigenvalue weighted by Crippen LogP contribution is -1.95. The molecule has 0 heterocycles. The molecule has 0 fully saturated rings. The van der Waals surface area contributed by atoms with Gasteiger partial charge >= 0.3 is 11.4 Å². The number of benzene rings is 2. The van der Waals surface area contributed by atoms with Crippen molar-refractivity contribution in [3.63, 3.8) is 0 Å². The molecule has 0 aromatic heterocycles. The average Bonchev–Trinajstić information content (AvgIpc) is 2.47. The van der Waals surface area contributed by atoms with Gasteiger partial charge in [-0.05, 0) is 23.3 Å². The molecule has 0 atom stereocenters. The highest BCUT2D eigenvalue weighted by atomic mass is 16.6. The summed E-state index contributed by atoms with van der Waals surface area (Å²) in [4.78, 5) is 29.8. The Morgan fingerprint density at radius 2 is 1.18 bits per heavy atom. The summed E-state index contributed by atoms with van der Waals surface area (Å²) in [5.74, 6) is -1.04. The topological polar surface area (TPSA) is 150 Å². The van der Waals surface area contributed by atoms with E-state index in [2.05, 4.69) is 0 Å². The maximum Gasteiger partial charge on any atom is 0.318 e. The van der Waals surface area contributed by atoms with Crippen LogP contribution in [0.2, 0.25) is 0 Å². The largest absolute Gasteiger partial charge is 0.497 e. The van der Waals surface area contributed by atoms with E-state index in [-0.39, 0.29) is 11.3 Å². The van der Waals surface area contributed by atoms with Gasteiger partial charge < -0.3 is 5.11 Å². The molecule has 0 bridgehead atoms. The van der Waals surface area contributed by atoms with E-state index in [4.69, 9.17) is 0 Å². The Hall–Kier alpha value is -3.56. The van der Waals surface area contributed by atoms with Crippen molar-refractivity contribution in [3.8, 4) is 16.9 Å². The first kappa shape index (κ1) is 14.8. The first-order valence-electron chi connectivity index (χ1n) is 5.72. The Labute approximate surface area is 121 Å². The molecular formula is C12H7N3O7. The minimum absolute atomic E-state index is 0.0890. The zero-order chi connectivity index (χ0) is 16.4. The number of aromatic hydroxyl groups is 1. The summed E-state index contributed by atoms with van der Waals surface area (Å²) < 4.78 is 0. The van der Waals surface area contributed by atoms with Crippen LogP contribution < -0.4 is 0 Å². The van der Waals surface area contributed by atoms with Crippen LogP contribution in [0.4, 0.5) is 17.1 Å². The number of nitrogens with zero attached hydrogens (tertiary/aromatic N) is 3. The van der Waals surface area contributed by atoms with Crippen molar-refractivity contribution in [2.75, 3.05) is 0 Å². The third-order valence-electron chi connectivity index (χ3n) is 2.87. The van der Waals surface area contributed by atoms with Gasteiger partial charge in [-0.2, -0.15) is 0 Å². The van der Waals surface area contributed by atoms with Crippen molar-refractivity contribution in [3.05, 3.63) is 66.7 Å². The van der Waals surface area contributed by atoms with Crippen LogP contribution in [0.15, 0.2) is 36.4 Å². The number of phenols is 1. The van der Waals surface area contributed by atoms with Crippen LogP contribution in [0.1, 0.15) is 0 Å². The van der Waals surface area contributed by atoms with Crippen molar-refractivity contribution in [1.82, 2.24) is 0 Å². The number of phenolic OH excluding ortho intramolecular Hbond substituents is 1. The molecule has 0 spiro atoms. The number of nitro groups is 3. The van der Waals surface area contributed by atoms with E-state index in [9.17, 15) is 35.4 Å². The SMILES string of the molecule is O=[N+]([O-])c1ccc(-c2cc([N+](=O)[O-])c(O)c([N+](=O)[O-])c2)cc1. The Balaban J connectivity index is 2.62. The fourth-order valence-corrected chi connectivity index (χ4v) is 1.82. The highest BCUT2D eigenvalue weighted by molar-refractivity contribution is 5.75. The van der Waals surface area contributed by atoms with Gasteiger partial charge in [-0.15, -0.1) is 0 Å². The van der Waals surface area contributed by atoms with Gasteiger partial charge in [0.05, 0.1) is 14.8 Å². The molecule has 0 amide bonds. The fourth-order valence-electron chi connectivity index (χ4n) is 1.82. The summed E-state index contributed by atoms with van der Waals surface area (Å²) in [6.45, 7) is 0. The van der Waals surface area contributed by atoms with Crippen molar-refractivity contribution in [1.29, 1.82) is 0 Å². The molecule has 2 aromatic rings. The quantitative estimate of drug-likeness (QED) is 0.673. The van der Waals surface area contributed by atoms with E-state index >= 15 is 0 Å². The maximum atomic E-state index is 10.9. The molecule has 0 radical (unpaired) electrons. The summed E-state index contributed by atoms with van der Waals surface area (Å²) >= 11 is 0. The lowest BCUT2D eigenvalue weighted by Gasteiger charge is -2.04. The number of hydrogen-bond donors (Lipinski definition) is 1. The fraction of sp³-hybridized carbons (Fsp3) is 0. The Bertz CT molecular complexity index is 751. The minimum atomic E-state index is -1.04. The summed E-state index contributed by atoms with van der Waals surface area (Å²) in [6.07, 6.45) is 0. The van der Waals surface area contributed by atoms with Crippen LogP contribution in [-0.4, -0.2) is 19.9 Å². The Kier molecular flexibility index (Phi) is 3.67. The molecule has 0 unspecified atom stereocenters. The number of nitro benzene ring substituents is 3. The molecule has 0 saturated heterocycles. The standard InChI is InChI=1S/C12H7N3O7/c16-12-10(14(19)20)5-8(6-11(12)15(21)22)7-1-3-9(4-2-7)13(17)18/h1-6,16H. The first-order chi connectivity index (χ1) is 10.3. The Morgan fingerprint density at radius 1 is 0.727 bits per heavy atom. The van der Waals surface area contributed by atoms with Crippen LogP contribution in [0.3, 0.4) is 0 Å². The molecule has 0 aliphatic carbocycles. The van der Waals surface area contributed by atoms with E-state index < -0.39 is 31.9 Å².